The van der Waals surface area contributed by atoms with Gasteiger partial charge >= 0.3 is 0 Å². The zero-order chi connectivity index (χ0) is 14.4. The Kier molecular flexibility index (Phi) is 3.18. The first kappa shape index (κ1) is 13.4. The fourth-order valence-corrected chi connectivity index (χ4v) is 2.66. The van der Waals surface area contributed by atoms with Crippen LogP contribution in [0.1, 0.15) is 5.69 Å². The summed E-state index contributed by atoms with van der Waals surface area (Å²) >= 11 is 9.26. The summed E-state index contributed by atoms with van der Waals surface area (Å²) in [7, 11) is 0. The molecule has 2 aromatic heterocycles. The van der Waals surface area contributed by atoms with E-state index in [1.165, 1.54) is 6.07 Å². The number of imidazole rings is 1. The molecule has 20 heavy (non-hydrogen) atoms. The number of nitrogens with two attached hydrogens (primary N) is 1. The summed E-state index contributed by atoms with van der Waals surface area (Å²) in [6.45, 7) is 1.91. The fraction of sp³-hybridized carbons (Fsp3) is 0.0714. The molecule has 0 saturated heterocycles. The standard InChI is InChI=1S/C14H10BrClFN3/c1-7-9(15)5-6-11-19-13(14(18)20(7)11)8-3-2-4-10(16)12(8)17/h2-6H,18H2,1H3. The van der Waals surface area contributed by atoms with Gasteiger partial charge in [0.15, 0.2) is 5.82 Å². The second kappa shape index (κ2) is 4.75. The van der Waals surface area contributed by atoms with Gasteiger partial charge in [0.2, 0.25) is 0 Å². The topological polar surface area (TPSA) is 43.3 Å². The third-order valence-corrected chi connectivity index (χ3v) is 4.34. The lowest BCUT2D eigenvalue weighted by atomic mass is 10.1. The Bertz CT molecular complexity index is 829. The SMILES string of the molecule is Cc1c(Br)ccc2nc(-c3cccc(Cl)c3F)c(N)n12. The van der Waals surface area contributed by atoms with Crippen LogP contribution in [0.2, 0.25) is 5.02 Å². The summed E-state index contributed by atoms with van der Waals surface area (Å²) in [5, 5.41) is 0.0526. The normalized spacial score (nSPS) is 11.2. The third-order valence-electron chi connectivity index (χ3n) is 3.21. The van der Waals surface area contributed by atoms with E-state index in [2.05, 4.69) is 20.9 Å². The highest BCUT2D eigenvalue weighted by Crippen LogP contribution is 2.33. The van der Waals surface area contributed by atoms with Crippen LogP contribution in [0, 0.1) is 12.7 Å². The van der Waals surface area contributed by atoms with Crippen LogP contribution in [0.15, 0.2) is 34.8 Å². The Hall–Kier alpha value is -1.59. The highest BCUT2D eigenvalue weighted by molar-refractivity contribution is 9.10. The van der Waals surface area contributed by atoms with E-state index in [-0.39, 0.29) is 5.02 Å². The quantitative estimate of drug-likeness (QED) is 0.702. The molecule has 2 heterocycles. The van der Waals surface area contributed by atoms with E-state index < -0.39 is 5.82 Å². The Morgan fingerprint density at radius 1 is 1.30 bits per heavy atom. The second-order valence-electron chi connectivity index (χ2n) is 4.41. The van der Waals surface area contributed by atoms with Crippen molar-refractivity contribution in [2.24, 2.45) is 0 Å². The molecule has 0 aliphatic rings. The van der Waals surface area contributed by atoms with E-state index in [4.69, 9.17) is 17.3 Å². The van der Waals surface area contributed by atoms with Crippen LogP contribution in [-0.2, 0) is 0 Å². The minimum Gasteiger partial charge on any atom is -0.383 e. The third kappa shape index (κ3) is 1.89. The lowest BCUT2D eigenvalue weighted by Gasteiger charge is -2.05. The highest BCUT2D eigenvalue weighted by Gasteiger charge is 2.18. The average molecular weight is 355 g/mol. The second-order valence-corrected chi connectivity index (χ2v) is 5.67. The number of nitrogens with zero attached hydrogens (tertiary/aromatic N) is 2. The summed E-state index contributed by atoms with van der Waals surface area (Å²) in [4.78, 5) is 4.40. The van der Waals surface area contributed by atoms with Gasteiger partial charge in [0.1, 0.15) is 17.2 Å². The first-order valence-corrected chi connectivity index (χ1v) is 7.05. The molecule has 2 N–H and O–H groups in total. The summed E-state index contributed by atoms with van der Waals surface area (Å²) in [6.07, 6.45) is 0. The van der Waals surface area contributed by atoms with E-state index in [1.807, 2.05) is 19.1 Å². The van der Waals surface area contributed by atoms with E-state index in [0.717, 1.165) is 10.2 Å². The molecule has 0 fully saturated rings. The Morgan fingerprint density at radius 3 is 2.80 bits per heavy atom. The molecular weight excluding hydrogens is 345 g/mol. The molecule has 1 aromatic carbocycles. The summed E-state index contributed by atoms with van der Waals surface area (Å²) < 4.78 is 16.8. The van der Waals surface area contributed by atoms with Gasteiger partial charge < -0.3 is 5.73 Å². The van der Waals surface area contributed by atoms with Gasteiger partial charge in [-0.2, -0.15) is 0 Å². The average Bonchev–Trinajstić information content (AvgIpc) is 2.75. The molecule has 0 spiro atoms. The Labute approximate surface area is 128 Å². The largest absolute Gasteiger partial charge is 0.383 e. The maximum atomic E-state index is 14.1. The van der Waals surface area contributed by atoms with Gasteiger partial charge in [0.25, 0.3) is 0 Å². The lowest BCUT2D eigenvalue weighted by Crippen LogP contribution is -1.99. The summed E-state index contributed by atoms with van der Waals surface area (Å²) in [5.41, 5.74) is 8.39. The summed E-state index contributed by atoms with van der Waals surface area (Å²) in [5.74, 6) is -0.124. The van der Waals surface area contributed by atoms with Crippen molar-refractivity contribution in [3.8, 4) is 11.3 Å². The number of rotatable bonds is 1. The zero-order valence-electron chi connectivity index (χ0n) is 10.5. The molecule has 0 saturated carbocycles. The van der Waals surface area contributed by atoms with Crippen LogP contribution < -0.4 is 5.73 Å². The van der Waals surface area contributed by atoms with Crippen molar-refractivity contribution in [1.29, 1.82) is 0 Å². The zero-order valence-corrected chi connectivity index (χ0v) is 12.8. The molecule has 3 rings (SSSR count). The van der Waals surface area contributed by atoms with Crippen LogP contribution in [0.25, 0.3) is 16.9 Å². The fourth-order valence-electron chi connectivity index (χ4n) is 2.18. The number of pyridine rings is 1. The van der Waals surface area contributed by atoms with Crippen molar-refractivity contribution < 1.29 is 4.39 Å². The van der Waals surface area contributed by atoms with Crippen molar-refractivity contribution >= 4 is 39.0 Å². The number of aromatic nitrogens is 2. The van der Waals surface area contributed by atoms with Gasteiger partial charge in [-0.1, -0.05) is 17.7 Å². The molecule has 0 amide bonds. The van der Waals surface area contributed by atoms with Gasteiger partial charge in [0.05, 0.1) is 5.02 Å². The van der Waals surface area contributed by atoms with Crippen molar-refractivity contribution in [2.75, 3.05) is 5.73 Å². The molecule has 0 radical (unpaired) electrons. The van der Waals surface area contributed by atoms with E-state index >= 15 is 0 Å². The van der Waals surface area contributed by atoms with Crippen molar-refractivity contribution in [3.63, 3.8) is 0 Å². The van der Waals surface area contributed by atoms with E-state index in [9.17, 15) is 4.39 Å². The van der Waals surface area contributed by atoms with Gasteiger partial charge in [-0.3, -0.25) is 4.40 Å². The number of hydrogen-bond donors (Lipinski definition) is 1. The molecule has 102 valence electrons. The smallest absolute Gasteiger partial charge is 0.151 e. The lowest BCUT2D eigenvalue weighted by molar-refractivity contribution is 0.631. The van der Waals surface area contributed by atoms with E-state index in [1.54, 1.807) is 16.5 Å². The molecule has 3 aromatic rings. The molecule has 0 aliphatic carbocycles. The number of fused-ring (bicyclic) bond motifs is 1. The molecular formula is C14H10BrClFN3. The number of hydrogen-bond acceptors (Lipinski definition) is 2. The molecule has 0 atom stereocenters. The van der Waals surface area contributed by atoms with Gasteiger partial charge in [-0.15, -0.1) is 0 Å². The maximum absolute atomic E-state index is 14.1. The number of halogens is 3. The number of nitrogen functional groups attached to an aromatic ring is 1. The molecule has 0 aliphatic heterocycles. The molecule has 3 nitrogen and oxygen atoms in total. The minimum atomic E-state index is -0.513. The van der Waals surface area contributed by atoms with Crippen molar-refractivity contribution in [1.82, 2.24) is 9.38 Å². The first-order valence-electron chi connectivity index (χ1n) is 5.88. The first-order chi connectivity index (χ1) is 9.50. The Balaban J connectivity index is 2.36. The van der Waals surface area contributed by atoms with Crippen LogP contribution in [-0.4, -0.2) is 9.38 Å². The number of anilines is 1. The van der Waals surface area contributed by atoms with Crippen molar-refractivity contribution in [2.45, 2.75) is 6.92 Å². The maximum Gasteiger partial charge on any atom is 0.151 e. The number of aryl methyl sites for hydroxylation is 1. The summed E-state index contributed by atoms with van der Waals surface area (Å²) in [6, 6.07) is 8.49. The molecule has 0 bridgehead atoms. The minimum absolute atomic E-state index is 0.0526. The van der Waals surface area contributed by atoms with Crippen LogP contribution in [0.5, 0.6) is 0 Å². The Morgan fingerprint density at radius 2 is 2.05 bits per heavy atom. The van der Waals surface area contributed by atoms with Crippen molar-refractivity contribution in [3.05, 3.63) is 51.3 Å². The monoisotopic (exact) mass is 353 g/mol. The van der Waals surface area contributed by atoms with Gasteiger partial charge in [0, 0.05) is 15.7 Å². The highest BCUT2D eigenvalue weighted by atomic mass is 79.9. The number of benzene rings is 1. The predicted octanol–water partition coefficient (Wildman–Crippen LogP) is 4.45. The van der Waals surface area contributed by atoms with Gasteiger partial charge in [-0.05, 0) is 47.1 Å². The van der Waals surface area contributed by atoms with Gasteiger partial charge in [-0.25, -0.2) is 9.37 Å². The van der Waals surface area contributed by atoms with E-state index in [0.29, 0.717) is 22.7 Å². The molecule has 0 unspecified atom stereocenters. The predicted molar refractivity (Wildman–Crippen MR) is 82.4 cm³/mol. The van der Waals surface area contributed by atoms with Crippen LogP contribution in [0.4, 0.5) is 10.2 Å². The molecule has 6 heteroatoms. The van der Waals surface area contributed by atoms with Crippen LogP contribution >= 0.6 is 27.5 Å². The van der Waals surface area contributed by atoms with Crippen LogP contribution in [0.3, 0.4) is 0 Å².